The topological polar surface area (TPSA) is 120 Å². The van der Waals surface area contributed by atoms with Crippen molar-refractivity contribution in [1.29, 1.82) is 0 Å². The number of anilines is 2. The lowest BCUT2D eigenvalue weighted by Gasteiger charge is -2.27. The highest BCUT2D eigenvalue weighted by molar-refractivity contribution is 8.15. The van der Waals surface area contributed by atoms with Crippen LogP contribution < -0.4 is 16.0 Å². The van der Waals surface area contributed by atoms with Crippen LogP contribution in [0, 0.1) is 0 Å². The van der Waals surface area contributed by atoms with Crippen molar-refractivity contribution in [2.45, 2.75) is 30.9 Å². The van der Waals surface area contributed by atoms with Gasteiger partial charge in [-0.25, -0.2) is 0 Å². The smallest absolute Gasteiger partial charge is 0.262 e. The highest BCUT2D eigenvalue weighted by Gasteiger charge is 2.33. The summed E-state index contributed by atoms with van der Waals surface area (Å²) in [4.78, 5) is 55.4. The molecule has 0 saturated carbocycles. The van der Waals surface area contributed by atoms with E-state index in [1.54, 1.807) is 55.6 Å². The predicted molar refractivity (Wildman–Crippen MR) is 137 cm³/mol. The molecule has 1 fully saturated rings. The van der Waals surface area contributed by atoms with Gasteiger partial charge in [0.2, 0.25) is 5.91 Å². The van der Waals surface area contributed by atoms with Crippen LogP contribution in [-0.2, 0) is 9.59 Å². The molecule has 4 rings (SSSR count). The van der Waals surface area contributed by atoms with Gasteiger partial charge in [-0.2, -0.15) is 4.99 Å². The number of carbonyl (C=O) groups is 4. The summed E-state index contributed by atoms with van der Waals surface area (Å²) in [6.07, 6.45) is 3.42. The van der Waals surface area contributed by atoms with E-state index in [4.69, 9.17) is 0 Å². The summed E-state index contributed by atoms with van der Waals surface area (Å²) < 4.78 is 0. The van der Waals surface area contributed by atoms with E-state index in [1.807, 2.05) is 0 Å². The van der Waals surface area contributed by atoms with Crippen LogP contribution in [0.25, 0.3) is 0 Å². The van der Waals surface area contributed by atoms with E-state index < -0.39 is 5.25 Å². The van der Waals surface area contributed by atoms with Gasteiger partial charge in [0.15, 0.2) is 5.17 Å². The normalized spacial score (nSPS) is 17.5. The van der Waals surface area contributed by atoms with E-state index in [0.29, 0.717) is 22.5 Å². The molecule has 2 aliphatic heterocycles. The van der Waals surface area contributed by atoms with Gasteiger partial charge in [-0.3, -0.25) is 19.2 Å². The standard InChI is InChI=1S/C25H27N5O4S/c1-26-22(32)17-6-5-7-19(14-17)28-23(33)16-8-10-18(11-9-16)27-21(31)15-20-24(34)29-25(35-20)30-12-3-2-4-13-30/h5-11,14,20H,2-4,12-13,15H2,1H3,(H,26,32)(H,27,31)(H,28,33). The highest BCUT2D eigenvalue weighted by Crippen LogP contribution is 2.29. The van der Waals surface area contributed by atoms with Gasteiger partial charge >= 0.3 is 0 Å². The highest BCUT2D eigenvalue weighted by atomic mass is 32.2. The van der Waals surface area contributed by atoms with Crippen molar-refractivity contribution >= 4 is 51.9 Å². The van der Waals surface area contributed by atoms with Crippen molar-refractivity contribution in [3.63, 3.8) is 0 Å². The molecule has 2 aromatic rings. The lowest BCUT2D eigenvalue weighted by Crippen LogP contribution is -2.33. The van der Waals surface area contributed by atoms with Crippen LogP contribution in [-0.4, -0.2) is 59.1 Å². The van der Waals surface area contributed by atoms with Crippen LogP contribution in [0.15, 0.2) is 53.5 Å². The number of nitrogens with zero attached hydrogens (tertiary/aromatic N) is 2. The Labute approximate surface area is 207 Å². The third-order valence-corrected chi connectivity index (χ3v) is 6.98. The van der Waals surface area contributed by atoms with Gasteiger partial charge in [0, 0.05) is 49.1 Å². The number of amidine groups is 1. The van der Waals surface area contributed by atoms with E-state index in [0.717, 1.165) is 31.1 Å². The van der Waals surface area contributed by atoms with Gasteiger partial charge in [-0.15, -0.1) is 0 Å². The number of nitrogens with one attached hydrogen (secondary N) is 3. The Kier molecular flexibility index (Phi) is 7.81. The molecule has 9 nitrogen and oxygen atoms in total. The van der Waals surface area contributed by atoms with Crippen LogP contribution in [0.2, 0.25) is 0 Å². The SMILES string of the molecule is CNC(=O)c1cccc(NC(=O)c2ccc(NC(=O)CC3SC(N4CCCCC4)=NC3=O)cc2)c1. The largest absolute Gasteiger partial charge is 0.355 e. The molecule has 0 radical (unpaired) electrons. The molecule has 0 aromatic heterocycles. The minimum atomic E-state index is -0.512. The molecule has 1 unspecified atom stereocenters. The quantitative estimate of drug-likeness (QED) is 0.569. The van der Waals surface area contributed by atoms with Gasteiger partial charge in [0.1, 0.15) is 5.25 Å². The average Bonchev–Trinajstić information content (AvgIpc) is 3.24. The summed E-state index contributed by atoms with van der Waals surface area (Å²) >= 11 is 1.36. The van der Waals surface area contributed by atoms with Crippen molar-refractivity contribution in [2.75, 3.05) is 30.8 Å². The number of aliphatic imine (C=N–C) groups is 1. The minimum absolute atomic E-state index is 0.0360. The Balaban J connectivity index is 1.29. The molecule has 35 heavy (non-hydrogen) atoms. The second-order valence-electron chi connectivity index (χ2n) is 8.33. The summed E-state index contributed by atoms with van der Waals surface area (Å²) in [6.45, 7) is 1.80. The molecule has 3 N–H and O–H groups in total. The van der Waals surface area contributed by atoms with E-state index in [9.17, 15) is 19.2 Å². The molecule has 2 aliphatic rings. The number of hydrogen-bond acceptors (Lipinski definition) is 6. The predicted octanol–water partition coefficient (Wildman–Crippen LogP) is 3.11. The minimum Gasteiger partial charge on any atom is -0.355 e. The van der Waals surface area contributed by atoms with Crippen LogP contribution in [0.5, 0.6) is 0 Å². The second kappa shape index (κ2) is 11.2. The number of thioether (sulfide) groups is 1. The third-order valence-electron chi connectivity index (χ3n) is 5.77. The Hall–Kier alpha value is -3.66. The zero-order valence-electron chi connectivity index (χ0n) is 19.4. The molecular formula is C25H27N5O4S. The fourth-order valence-electron chi connectivity index (χ4n) is 3.90. The molecule has 1 atom stereocenters. The van der Waals surface area contributed by atoms with E-state index >= 15 is 0 Å². The number of likely N-dealkylation sites (tertiary alicyclic amines) is 1. The summed E-state index contributed by atoms with van der Waals surface area (Å²) in [5.41, 5.74) is 1.87. The zero-order valence-corrected chi connectivity index (χ0v) is 20.2. The third kappa shape index (κ3) is 6.27. The van der Waals surface area contributed by atoms with Crippen molar-refractivity contribution < 1.29 is 19.2 Å². The lowest BCUT2D eigenvalue weighted by molar-refractivity contribution is -0.121. The Morgan fingerprint density at radius 3 is 2.40 bits per heavy atom. The average molecular weight is 494 g/mol. The molecule has 182 valence electrons. The zero-order chi connectivity index (χ0) is 24.8. The van der Waals surface area contributed by atoms with Gasteiger partial charge in [0.25, 0.3) is 17.7 Å². The first-order valence-corrected chi connectivity index (χ1v) is 12.4. The molecule has 0 aliphatic carbocycles. The molecule has 4 amide bonds. The van der Waals surface area contributed by atoms with Crippen LogP contribution >= 0.6 is 11.8 Å². The number of carbonyl (C=O) groups excluding carboxylic acids is 4. The van der Waals surface area contributed by atoms with Crippen molar-refractivity contribution in [3.8, 4) is 0 Å². The van der Waals surface area contributed by atoms with Crippen LogP contribution in [0.1, 0.15) is 46.4 Å². The fraction of sp³-hybridized carbons (Fsp3) is 0.320. The fourth-order valence-corrected chi connectivity index (χ4v) is 5.02. The maximum atomic E-state index is 12.6. The summed E-state index contributed by atoms with van der Waals surface area (Å²) in [5.74, 6) is -1.13. The maximum Gasteiger partial charge on any atom is 0.262 e. The van der Waals surface area contributed by atoms with Gasteiger partial charge in [-0.05, 0) is 61.7 Å². The van der Waals surface area contributed by atoms with Gasteiger partial charge in [0.05, 0.1) is 0 Å². The molecule has 10 heteroatoms. The first-order valence-electron chi connectivity index (χ1n) is 11.5. The lowest BCUT2D eigenvalue weighted by atomic mass is 10.1. The number of piperidine rings is 1. The van der Waals surface area contributed by atoms with E-state index in [1.165, 1.54) is 18.2 Å². The monoisotopic (exact) mass is 493 g/mol. The summed E-state index contributed by atoms with van der Waals surface area (Å²) in [6, 6.07) is 13.1. The molecule has 0 spiro atoms. The Morgan fingerprint density at radius 2 is 1.69 bits per heavy atom. The van der Waals surface area contributed by atoms with Crippen molar-refractivity contribution in [3.05, 3.63) is 59.7 Å². The van der Waals surface area contributed by atoms with E-state index in [2.05, 4.69) is 25.8 Å². The molecule has 2 heterocycles. The summed E-state index contributed by atoms with van der Waals surface area (Å²) in [7, 11) is 1.54. The van der Waals surface area contributed by atoms with Gasteiger partial charge < -0.3 is 20.9 Å². The second-order valence-corrected chi connectivity index (χ2v) is 9.50. The Morgan fingerprint density at radius 1 is 0.943 bits per heavy atom. The van der Waals surface area contributed by atoms with Crippen LogP contribution in [0.4, 0.5) is 11.4 Å². The first-order chi connectivity index (χ1) is 16.9. The summed E-state index contributed by atoms with van der Waals surface area (Å²) in [5, 5.41) is 8.30. The molecule has 0 bridgehead atoms. The first kappa shape index (κ1) is 24.5. The van der Waals surface area contributed by atoms with Crippen molar-refractivity contribution in [1.82, 2.24) is 10.2 Å². The van der Waals surface area contributed by atoms with E-state index in [-0.39, 0.29) is 30.0 Å². The molecule has 2 aromatic carbocycles. The van der Waals surface area contributed by atoms with Crippen LogP contribution in [0.3, 0.4) is 0 Å². The number of hydrogen-bond donors (Lipinski definition) is 3. The maximum absolute atomic E-state index is 12.6. The number of amides is 4. The number of benzene rings is 2. The Bertz CT molecular complexity index is 1160. The van der Waals surface area contributed by atoms with Gasteiger partial charge in [-0.1, -0.05) is 17.8 Å². The van der Waals surface area contributed by atoms with Crippen molar-refractivity contribution in [2.24, 2.45) is 4.99 Å². The molecule has 1 saturated heterocycles. The molecular weight excluding hydrogens is 466 g/mol. The number of rotatable bonds is 6.